The van der Waals surface area contributed by atoms with Crippen molar-refractivity contribution in [2.75, 3.05) is 5.43 Å². The van der Waals surface area contributed by atoms with Crippen LogP contribution in [0.1, 0.15) is 17.5 Å². The maximum absolute atomic E-state index is 12.9. The quantitative estimate of drug-likeness (QED) is 0.465. The molecule has 0 bridgehead atoms. The molecule has 0 unspecified atom stereocenters. The van der Waals surface area contributed by atoms with Crippen LogP contribution in [-0.4, -0.2) is 20.9 Å². The highest BCUT2D eigenvalue weighted by atomic mass is 19.4. The molecule has 10 nitrogen and oxygen atoms in total. The lowest BCUT2D eigenvalue weighted by molar-refractivity contribution is -0.392. The van der Waals surface area contributed by atoms with E-state index in [0.29, 0.717) is 5.56 Å². The van der Waals surface area contributed by atoms with Gasteiger partial charge in [0.1, 0.15) is 5.75 Å². The predicted octanol–water partition coefficient (Wildman–Crippen LogP) is 3.30. The fraction of sp³-hybridized carbons (Fsp3) is 0.188. The van der Waals surface area contributed by atoms with Crippen molar-refractivity contribution in [2.24, 2.45) is 0 Å². The zero-order valence-corrected chi connectivity index (χ0v) is 14.4. The number of aryl methyl sites for hydroxylation is 1. The molecular formula is C16H13F3N4O6. The molecule has 0 aliphatic rings. The molecule has 3 N–H and O–H groups in total. The minimum atomic E-state index is -5.04. The van der Waals surface area contributed by atoms with Crippen molar-refractivity contribution in [1.82, 2.24) is 5.43 Å². The Morgan fingerprint density at radius 1 is 1.03 bits per heavy atom. The van der Waals surface area contributed by atoms with Gasteiger partial charge in [0.15, 0.2) is 0 Å². The van der Waals surface area contributed by atoms with E-state index in [-0.39, 0.29) is 30.7 Å². The molecule has 1 amide bonds. The van der Waals surface area contributed by atoms with Gasteiger partial charge in [-0.05, 0) is 24.1 Å². The number of hydrogen-bond acceptors (Lipinski definition) is 7. The van der Waals surface area contributed by atoms with Gasteiger partial charge in [-0.3, -0.25) is 35.9 Å². The molecule has 0 atom stereocenters. The minimum Gasteiger partial charge on any atom is -0.508 e. The molecule has 13 heteroatoms. The molecular weight excluding hydrogens is 401 g/mol. The molecule has 154 valence electrons. The van der Waals surface area contributed by atoms with Gasteiger partial charge < -0.3 is 5.11 Å². The van der Waals surface area contributed by atoms with E-state index >= 15 is 0 Å². The highest BCUT2D eigenvalue weighted by Crippen LogP contribution is 2.40. The highest BCUT2D eigenvalue weighted by molar-refractivity contribution is 5.81. The lowest BCUT2D eigenvalue weighted by Gasteiger charge is -2.12. The van der Waals surface area contributed by atoms with Gasteiger partial charge in [-0.25, -0.2) is 0 Å². The summed E-state index contributed by atoms with van der Waals surface area (Å²) in [7, 11) is 0. The third-order valence-corrected chi connectivity index (χ3v) is 3.72. The first-order valence-corrected chi connectivity index (χ1v) is 7.86. The number of rotatable bonds is 7. The SMILES string of the molecule is O=C(CCc1ccc(O)cc1)NNc1c([N+](=O)[O-])cc(C(F)(F)F)cc1[N+](=O)[O-]. The van der Waals surface area contributed by atoms with Crippen molar-refractivity contribution in [3.8, 4) is 5.75 Å². The van der Waals surface area contributed by atoms with Gasteiger partial charge in [0.25, 0.3) is 0 Å². The molecule has 0 aromatic heterocycles. The first kappa shape index (κ1) is 21.4. The van der Waals surface area contributed by atoms with Crippen LogP contribution in [0, 0.1) is 20.2 Å². The van der Waals surface area contributed by atoms with Crippen LogP contribution < -0.4 is 10.9 Å². The van der Waals surface area contributed by atoms with Crippen LogP contribution in [0.4, 0.5) is 30.2 Å². The van der Waals surface area contributed by atoms with Crippen molar-refractivity contribution >= 4 is 23.0 Å². The van der Waals surface area contributed by atoms with Crippen LogP contribution in [0.3, 0.4) is 0 Å². The zero-order chi connectivity index (χ0) is 21.8. The molecule has 0 aliphatic carbocycles. The Kier molecular flexibility index (Phi) is 6.21. The maximum atomic E-state index is 12.9. The van der Waals surface area contributed by atoms with E-state index in [0.717, 1.165) is 0 Å². The number of carbonyl (C=O) groups excluding carboxylic acids is 1. The zero-order valence-electron chi connectivity index (χ0n) is 14.4. The molecule has 0 fully saturated rings. The Balaban J connectivity index is 2.20. The summed E-state index contributed by atoms with van der Waals surface area (Å²) in [4.78, 5) is 31.6. The lowest BCUT2D eigenvalue weighted by atomic mass is 10.1. The Morgan fingerprint density at radius 2 is 1.55 bits per heavy atom. The number of hydrazine groups is 1. The lowest BCUT2D eigenvalue weighted by Crippen LogP contribution is -2.30. The topological polar surface area (TPSA) is 148 Å². The fourth-order valence-corrected chi connectivity index (χ4v) is 2.31. The van der Waals surface area contributed by atoms with E-state index in [9.17, 15) is 43.3 Å². The molecule has 0 heterocycles. The molecule has 0 saturated heterocycles. The number of nitro benzene ring substituents is 2. The van der Waals surface area contributed by atoms with Gasteiger partial charge in [0.05, 0.1) is 15.4 Å². The van der Waals surface area contributed by atoms with Gasteiger partial charge in [0, 0.05) is 18.6 Å². The van der Waals surface area contributed by atoms with Crippen molar-refractivity contribution in [3.63, 3.8) is 0 Å². The number of phenols is 1. The Hall–Kier alpha value is -3.90. The van der Waals surface area contributed by atoms with Crippen LogP contribution in [-0.2, 0) is 17.4 Å². The summed E-state index contributed by atoms with van der Waals surface area (Å²) >= 11 is 0. The van der Waals surface area contributed by atoms with Crippen LogP contribution in [0.5, 0.6) is 5.75 Å². The van der Waals surface area contributed by atoms with Gasteiger partial charge in [-0.2, -0.15) is 13.2 Å². The van der Waals surface area contributed by atoms with Gasteiger partial charge in [-0.1, -0.05) is 12.1 Å². The standard InChI is InChI=1S/C16H13F3N4O6/c17-16(18,19)10-7-12(22(26)27)15(13(8-10)23(28)29)21-20-14(25)6-3-9-1-4-11(24)5-2-9/h1-2,4-5,7-8,21,24H,3,6H2,(H,20,25). The highest BCUT2D eigenvalue weighted by Gasteiger charge is 2.37. The summed E-state index contributed by atoms with van der Waals surface area (Å²) in [6.07, 6.45) is -4.97. The number of benzene rings is 2. The predicted molar refractivity (Wildman–Crippen MR) is 92.9 cm³/mol. The van der Waals surface area contributed by atoms with Gasteiger partial charge >= 0.3 is 17.6 Å². The summed E-state index contributed by atoms with van der Waals surface area (Å²) in [6, 6.07) is 6.19. The van der Waals surface area contributed by atoms with E-state index in [1.54, 1.807) is 12.1 Å². The molecule has 29 heavy (non-hydrogen) atoms. The number of halogens is 3. The summed E-state index contributed by atoms with van der Waals surface area (Å²) in [5.74, 6) is -0.691. The largest absolute Gasteiger partial charge is 0.508 e. The number of nitrogens with one attached hydrogen (secondary N) is 2. The van der Waals surface area contributed by atoms with Crippen molar-refractivity contribution < 1.29 is 32.9 Å². The molecule has 0 radical (unpaired) electrons. The second-order valence-corrected chi connectivity index (χ2v) is 5.74. The average molecular weight is 414 g/mol. The van der Waals surface area contributed by atoms with Crippen LogP contribution in [0.25, 0.3) is 0 Å². The monoisotopic (exact) mass is 414 g/mol. The number of nitro groups is 2. The minimum absolute atomic E-state index is 0.0294. The number of anilines is 1. The fourth-order valence-electron chi connectivity index (χ4n) is 2.31. The van der Waals surface area contributed by atoms with Crippen molar-refractivity contribution in [2.45, 2.75) is 19.0 Å². The molecule has 2 aromatic rings. The summed E-state index contributed by atoms with van der Waals surface area (Å²) < 4.78 is 38.6. The van der Waals surface area contributed by atoms with Crippen LogP contribution >= 0.6 is 0 Å². The second-order valence-electron chi connectivity index (χ2n) is 5.74. The van der Waals surface area contributed by atoms with Crippen molar-refractivity contribution in [3.05, 3.63) is 67.8 Å². The van der Waals surface area contributed by atoms with E-state index in [1.165, 1.54) is 12.1 Å². The Morgan fingerprint density at radius 3 is 2.00 bits per heavy atom. The molecule has 0 saturated carbocycles. The smallest absolute Gasteiger partial charge is 0.416 e. The Bertz CT molecular complexity index is 912. The van der Waals surface area contributed by atoms with Crippen LogP contribution in [0.15, 0.2) is 36.4 Å². The number of hydrogen-bond donors (Lipinski definition) is 3. The maximum Gasteiger partial charge on any atom is 0.416 e. The number of phenolic OH excluding ortho intramolecular Hbond substituents is 1. The number of carbonyl (C=O) groups is 1. The van der Waals surface area contributed by atoms with Crippen LogP contribution in [0.2, 0.25) is 0 Å². The molecule has 2 aromatic carbocycles. The third-order valence-electron chi connectivity index (χ3n) is 3.72. The molecule has 0 spiro atoms. The van der Waals surface area contributed by atoms with E-state index < -0.39 is 44.6 Å². The average Bonchev–Trinajstić information content (AvgIpc) is 2.64. The summed E-state index contributed by atoms with van der Waals surface area (Å²) in [6.45, 7) is 0. The normalized spacial score (nSPS) is 11.0. The van der Waals surface area contributed by atoms with Crippen molar-refractivity contribution in [1.29, 1.82) is 0 Å². The van der Waals surface area contributed by atoms with Gasteiger partial charge in [0.2, 0.25) is 11.6 Å². The Labute approximate surface area is 160 Å². The number of aromatic hydroxyl groups is 1. The molecule has 0 aliphatic heterocycles. The first-order valence-electron chi connectivity index (χ1n) is 7.86. The molecule has 2 rings (SSSR count). The summed E-state index contributed by atoms with van der Waals surface area (Å²) in [5.41, 5.74) is -0.224. The number of alkyl halides is 3. The van der Waals surface area contributed by atoms with E-state index in [1.807, 2.05) is 10.9 Å². The van der Waals surface area contributed by atoms with E-state index in [2.05, 4.69) is 0 Å². The third kappa shape index (κ3) is 5.54. The number of amides is 1. The number of nitrogens with zero attached hydrogens (tertiary/aromatic N) is 2. The van der Waals surface area contributed by atoms with E-state index in [4.69, 9.17) is 0 Å². The summed E-state index contributed by atoms with van der Waals surface area (Å²) in [5, 5.41) is 31.4. The van der Waals surface area contributed by atoms with Gasteiger partial charge in [-0.15, -0.1) is 0 Å². The first-order chi connectivity index (χ1) is 13.5. The second kappa shape index (κ2) is 8.41.